The predicted octanol–water partition coefficient (Wildman–Crippen LogP) is 2.18. The minimum absolute atomic E-state index is 0.319. The second kappa shape index (κ2) is 7.66. The van der Waals surface area contributed by atoms with Crippen LogP contribution in [0.5, 0.6) is 11.5 Å². The van der Waals surface area contributed by atoms with Crippen molar-refractivity contribution in [3.05, 3.63) is 23.8 Å². The number of ether oxygens (including phenoxy) is 2. The number of hydrogen-bond donors (Lipinski definition) is 1. The minimum Gasteiger partial charge on any atom is -0.497 e. The quantitative estimate of drug-likeness (QED) is 0.796. The summed E-state index contributed by atoms with van der Waals surface area (Å²) in [5, 5.41) is 2.75. The maximum atomic E-state index is 11.9. The van der Waals surface area contributed by atoms with Gasteiger partial charge in [-0.15, -0.1) is 0 Å². The van der Waals surface area contributed by atoms with Gasteiger partial charge in [-0.05, 0) is 26.0 Å². The molecule has 21 heavy (non-hydrogen) atoms. The Morgan fingerprint density at radius 2 is 1.90 bits per heavy atom. The predicted molar refractivity (Wildman–Crippen MR) is 84.9 cm³/mol. The summed E-state index contributed by atoms with van der Waals surface area (Å²) >= 11 is 0. The number of hydrogen-bond acceptors (Lipinski definition) is 5. The molecule has 0 aliphatic carbocycles. The topological polar surface area (TPSA) is 64.6 Å². The molecule has 2 unspecified atom stereocenters. The van der Waals surface area contributed by atoms with Crippen molar-refractivity contribution in [2.45, 2.75) is 31.6 Å². The summed E-state index contributed by atoms with van der Waals surface area (Å²) in [6.45, 7) is 4.49. The summed E-state index contributed by atoms with van der Waals surface area (Å²) in [5.41, 5.74) is 0.824. The summed E-state index contributed by atoms with van der Waals surface area (Å²) in [6, 6.07) is 5.12. The van der Waals surface area contributed by atoms with Crippen molar-refractivity contribution in [1.29, 1.82) is 0 Å². The van der Waals surface area contributed by atoms with Crippen LogP contribution in [0.4, 0.5) is 0 Å². The molecule has 0 aliphatic rings. The Morgan fingerprint density at radius 3 is 2.38 bits per heavy atom. The first kappa shape index (κ1) is 17.8. The van der Waals surface area contributed by atoms with Gasteiger partial charge < -0.3 is 14.8 Å². The van der Waals surface area contributed by atoms with Gasteiger partial charge in [0.2, 0.25) is 0 Å². The first-order valence-electron chi connectivity index (χ1n) is 6.99. The molecule has 0 saturated carbocycles. The number of nitrogens with one attached hydrogen (secondary N) is 1. The third kappa shape index (κ3) is 4.61. The Morgan fingerprint density at radius 1 is 1.24 bits per heavy atom. The molecular weight excluding hydrogens is 290 g/mol. The highest BCUT2D eigenvalue weighted by molar-refractivity contribution is 7.91. The average Bonchev–Trinajstić information content (AvgIpc) is 2.46. The van der Waals surface area contributed by atoms with Crippen LogP contribution in [0.15, 0.2) is 18.2 Å². The van der Waals surface area contributed by atoms with Crippen LogP contribution in [-0.2, 0) is 9.84 Å². The molecule has 0 heterocycles. The van der Waals surface area contributed by atoms with Crippen LogP contribution in [0.2, 0.25) is 0 Å². The van der Waals surface area contributed by atoms with Crippen molar-refractivity contribution in [3.63, 3.8) is 0 Å². The molecule has 0 spiro atoms. The second-order valence-electron chi connectivity index (χ2n) is 5.07. The summed E-state index contributed by atoms with van der Waals surface area (Å²) in [6.07, 6.45) is 2.18. The monoisotopic (exact) mass is 315 g/mol. The van der Waals surface area contributed by atoms with E-state index in [1.807, 2.05) is 19.1 Å². The van der Waals surface area contributed by atoms with Gasteiger partial charge in [0.05, 0.1) is 25.5 Å². The molecule has 0 saturated heterocycles. The maximum absolute atomic E-state index is 11.9. The standard InChI is InChI=1S/C15H25NO4S/c1-6-9-16-15(11(2)21(5,17)18)13-8-7-12(19-3)10-14(13)20-4/h7-8,10-11,15-16H,6,9H2,1-5H3. The molecule has 1 aromatic carbocycles. The van der Waals surface area contributed by atoms with E-state index < -0.39 is 15.1 Å². The van der Waals surface area contributed by atoms with E-state index in [1.54, 1.807) is 27.2 Å². The van der Waals surface area contributed by atoms with Crippen molar-refractivity contribution in [1.82, 2.24) is 5.32 Å². The molecule has 6 heteroatoms. The lowest BCUT2D eigenvalue weighted by Gasteiger charge is -2.26. The maximum Gasteiger partial charge on any atom is 0.151 e. The van der Waals surface area contributed by atoms with Crippen LogP contribution in [0.25, 0.3) is 0 Å². The zero-order valence-corrected chi connectivity index (χ0v) is 14.2. The van der Waals surface area contributed by atoms with Gasteiger partial charge in [-0.25, -0.2) is 8.42 Å². The Labute approximate surface area is 127 Å². The Bertz CT molecular complexity index is 557. The van der Waals surface area contributed by atoms with Gasteiger partial charge >= 0.3 is 0 Å². The number of rotatable bonds is 8. The van der Waals surface area contributed by atoms with Gasteiger partial charge in [-0.1, -0.05) is 13.0 Å². The SMILES string of the molecule is CCCNC(c1ccc(OC)cc1OC)C(C)S(C)(=O)=O. The van der Waals surface area contributed by atoms with Crippen LogP contribution in [0.3, 0.4) is 0 Å². The van der Waals surface area contributed by atoms with Gasteiger partial charge in [-0.2, -0.15) is 0 Å². The third-order valence-corrected chi connectivity index (χ3v) is 5.16. The molecule has 1 aromatic rings. The highest BCUT2D eigenvalue weighted by Gasteiger charge is 2.29. The van der Waals surface area contributed by atoms with E-state index in [0.717, 1.165) is 18.5 Å². The fourth-order valence-corrected chi connectivity index (χ4v) is 2.89. The van der Waals surface area contributed by atoms with E-state index in [0.29, 0.717) is 11.5 Å². The fourth-order valence-electron chi connectivity index (χ4n) is 2.15. The van der Waals surface area contributed by atoms with Gasteiger partial charge in [0, 0.05) is 17.9 Å². The van der Waals surface area contributed by atoms with E-state index in [-0.39, 0.29) is 6.04 Å². The highest BCUT2D eigenvalue weighted by atomic mass is 32.2. The van der Waals surface area contributed by atoms with Crippen LogP contribution >= 0.6 is 0 Å². The molecule has 120 valence electrons. The number of methoxy groups -OCH3 is 2. The lowest BCUT2D eigenvalue weighted by Crippen LogP contribution is -2.35. The minimum atomic E-state index is -3.17. The first-order chi connectivity index (χ1) is 9.85. The molecule has 2 atom stereocenters. The van der Waals surface area contributed by atoms with Gasteiger partial charge in [-0.3, -0.25) is 0 Å². The normalized spacial score (nSPS) is 14.5. The molecule has 1 N–H and O–H groups in total. The van der Waals surface area contributed by atoms with E-state index >= 15 is 0 Å². The highest BCUT2D eigenvalue weighted by Crippen LogP contribution is 2.32. The Kier molecular flexibility index (Phi) is 6.48. The summed E-state index contributed by atoms with van der Waals surface area (Å²) in [7, 11) is -0.0171. The molecule has 0 aromatic heterocycles. The first-order valence-corrected chi connectivity index (χ1v) is 8.94. The van der Waals surface area contributed by atoms with Crippen LogP contribution < -0.4 is 14.8 Å². The third-order valence-electron chi connectivity index (χ3n) is 3.53. The van der Waals surface area contributed by atoms with E-state index in [9.17, 15) is 8.42 Å². The van der Waals surface area contributed by atoms with Crippen molar-refractivity contribution < 1.29 is 17.9 Å². The summed E-state index contributed by atoms with van der Waals surface area (Å²) in [4.78, 5) is 0. The summed E-state index contributed by atoms with van der Waals surface area (Å²) in [5.74, 6) is 1.30. The smallest absolute Gasteiger partial charge is 0.151 e. The molecule has 1 rings (SSSR count). The molecule has 0 fully saturated rings. The van der Waals surface area contributed by atoms with Gasteiger partial charge in [0.25, 0.3) is 0 Å². The van der Waals surface area contributed by atoms with Crippen molar-refractivity contribution in [3.8, 4) is 11.5 Å². The van der Waals surface area contributed by atoms with Crippen LogP contribution in [0.1, 0.15) is 31.9 Å². The molecule has 0 aliphatic heterocycles. The van der Waals surface area contributed by atoms with Gasteiger partial charge in [0.15, 0.2) is 9.84 Å². The molecule has 0 amide bonds. The number of benzene rings is 1. The largest absolute Gasteiger partial charge is 0.497 e. The molecule has 0 bridgehead atoms. The number of sulfone groups is 1. The zero-order chi connectivity index (χ0) is 16.0. The van der Waals surface area contributed by atoms with Gasteiger partial charge in [0.1, 0.15) is 11.5 Å². The summed E-state index contributed by atoms with van der Waals surface area (Å²) < 4.78 is 34.4. The van der Waals surface area contributed by atoms with E-state index in [1.165, 1.54) is 6.26 Å². The lowest BCUT2D eigenvalue weighted by molar-refractivity contribution is 0.382. The molecule has 0 radical (unpaired) electrons. The molecular formula is C15H25NO4S. The Hall–Kier alpha value is -1.27. The van der Waals surface area contributed by atoms with Crippen molar-refractivity contribution in [2.24, 2.45) is 0 Å². The second-order valence-corrected chi connectivity index (χ2v) is 7.48. The fraction of sp³-hybridized carbons (Fsp3) is 0.600. The van der Waals surface area contributed by atoms with Crippen LogP contribution in [-0.4, -0.2) is 40.7 Å². The van der Waals surface area contributed by atoms with Crippen molar-refractivity contribution in [2.75, 3.05) is 27.0 Å². The van der Waals surface area contributed by atoms with E-state index in [2.05, 4.69) is 5.32 Å². The van der Waals surface area contributed by atoms with Crippen LogP contribution in [0, 0.1) is 0 Å². The lowest BCUT2D eigenvalue weighted by atomic mass is 10.0. The molecule has 5 nitrogen and oxygen atoms in total. The van der Waals surface area contributed by atoms with Crippen molar-refractivity contribution >= 4 is 9.84 Å². The van der Waals surface area contributed by atoms with E-state index in [4.69, 9.17) is 9.47 Å². The average molecular weight is 315 g/mol. The zero-order valence-electron chi connectivity index (χ0n) is 13.3. The Balaban J connectivity index is 3.25.